The van der Waals surface area contributed by atoms with Crippen LogP contribution in [0.1, 0.15) is 11.1 Å². The summed E-state index contributed by atoms with van der Waals surface area (Å²) in [5.74, 6) is 0. The Kier molecular flexibility index (Phi) is 19.0. The molecule has 0 bridgehead atoms. The zero-order chi connectivity index (χ0) is 20.5. The number of hydrogen-bond donors (Lipinski definition) is 4. The molecule has 0 radical (unpaired) electrons. The monoisotopic (exact) mass is 434 g/mol. The largest absolute Gasteiger partial charge is 2.00 e. The first kappa shape index (κ1) is 28.8. The van der Waals surface area contributed by atoms with Crippen molar-refractivity contribution >= 4 is 11.4 Å². The number of benzene rings is 2. The molecule has 6 N–H and O–H groups in total. The molecule has 0 aliphatic heterocycles. The molecule has 2 rings (SSSR count). The Balaban J connectivity index is -0.000000303. The first-order valence-corrected chi connectivity index (χ1v) is 6.67. The number of para-hydroxylation sites is 2. The van der Waals surface area contributed by atoms with Crippen molar-refractivity contribution in [2.75, 3.05) is 11.5 Å². The van der Waals surface area contributed by atoms with E-state index in [1.165, 1.54) is 0 Å². The van der Waals surface area contributed by atoms with Gasteiger partial charge in [-0.15, -0.1) is 0 Å². The minimum Gasteiger partial charge on any atom is -0.398 e. The van der Waals surface area contributed by atoms with Gasteiger partial charge in [-0.2, -0.15) is 0 Å². The summed E-state index contributed by atoms with van der Waals surface area (Å²) in [6, 6.07) is 14.5. The van der Waals surface area contributed by atoms with Crippen molar-refractivity contribution in [2.45, 2.75) is 13.2 Å². The van der Waals surface area contributed by atoms with E-state index in [0.29, 0.717) is 11.4 Å². The van der Waals surface area contributed by atoms with E-state index in [0.717, 1.165) is 11.1 Å². The van der Waals surface area contributed by atoms with Gasteiger partial charge in [-0.05, 0) is 12.1 Å². The van der Waals surface area contributed by atoms with Crippen LogP contribution in [-0.4, -0.2) is 20.4 Å². The van der Waals surface area contributed by atoms with Crippen LogP contribution in [0.3, 0.4) is 0 Å². The van der Waals surface area contributed by atoms with E-state index in [4.69, 9.17) is 52.3 Å². The Morgan fingerprint density at radius 2 is 0.926 bits per heavy atom. The second-order valence-electron chi connectivity index (χ2n) is 4.16. The maximum Gasteiger partial charge on any atom is 2.00 e. The maximum atomic E-state index is 8.64. The van der Waals surface area contributed by atoms with Crippen molar-refractivity contribution < 1.29 is 39.9 Å². The van der Waals surface area contributed by atoms with Crippen LogP contribution in [0.5, 0.6) is 0 Å². The SMILES string of the molecule is Nc1ccccc1CO.Nc1ccccc1CO.O=[N+]([O-])[O-].O=[N+]([O-])[O-].[Zn+2]. The molecule has 0 saturated heterocycles. The number of nitrogens with two attached hydrogens (primary N) is 2. The summed E-state index contributed by atoms with van der Waals surface area (Å²) >= 11 is 0. The third-order valence-electron chi connectivity index (χ3n) is 2.45. The van der Waals surface area contributed by atoms with Gasteiger partial charge in [-0.25, -0.2) is 0 Å². The van der Waals surface area contributed by atoms with Crippen molar-refractivity contribution in [1.29, 1.82) is 0 Å². The van der Waals surface area contributed by atoms with Crippen LogP contribution >= 0.6 is 0 Å². The van der Waals surface area contributed by atoms with Crippen LogP contribution in [0.25, 0.3) is 0 Å². The summed E-state index contributed by atoms with van der Waals surface area (Å²) in [6.45, 7) is 0.0410. The van der Waals surface area contributed by atoms with Gasteiger partial charge in [-0.1, -0.05) is 36.4 Å². The molecule has 0 amide bonds. The Morgan fingerprint density at radius 3 is 1.07 bits per heavy atom. The average Bonchev–Trinajstić information content (AvgIpc) is 2.55. The first-order valence-electron chi connectivity index (χ1n) is 6.67. The zero-order valence-electron chi connectivity index (χ0n) is 14.1. The average molecular weight is 436 g/mol. The molecular formula is C14H18N4O8Zn. The second-order valence-corrected chi connectivity index (χ2v) is 4.16. The first-order chi connectivity index (χ1) is 12.1. The van der Waals surface area contributed by atoms with E-state index in [2.05, 4.69) is 0 Å². The van der Waals surface area contributed by atoms with Crippen molar-refractivity contribution in [1.82, 2.24) is 0 Å². The van der Waals surface area contributed by atoms with Crippen molar-refractivity contribution in [3.05, 3.63) is 90.3 Å². The van der Waals surface area contributed by atoms with Gasteiger partial charge in [0.1, 0.15) is 0 Å². The molecule has 27 heavy (non-hydrogen) atoms. The molecule has 0 unspecified atom stereocenters. The minimum absolute atomic E-state index is 0. The van der Waals surface area contributed by atoms with E-state index in [1.807, 2.05) is 24.3 Å². The third kappa shape index (κ3) is 19.2. The molecule has 0 aliphatic carbocycles. The predicted molar refractivity (Wildman–Crippen MR) is 94.3 cm³/mol. The maximum absolute atomic E-state index is 8.64. The van der Waals surface area contributed by atoms with Gasteiger partial charge in [0, 0.05) is 22.5 Å². The van der Waals surface area contributed by atoms with Crippen LogP contribution < -0.4 is 11.5 Å². The molecule has 0 fully saturated rings. The number of rotatable bonds is 2. The normalized spacial score (nSPS) is 8.07. The number of nitrogens with zero attached hydrogens (tertiary/aromatic N) is 2. The number of aliphatic hydroxyl groups excluding tert-OH is 2. The Hall–Kier alpha value is -3.02. The molecular weight excluding hydrogens is 418 g/mol. The Bertz CT molecular complexity index is 610. The molecule has 12 nitrogen and oxygen atoms in total. The Morgan fingerprint density at radius 1 is 0.704 bits per heavy atom. The zero-order valence-corrected chi connectivity index (χ0v) is 17.1. The summed E-state index contributed by atoms with van der Waals surface area (Å²) in [5.41, 5.74) is 13.8. The van der Waals surface area contributed by atoms with Gasteiger partial charge in [0.2, 0.25) is 0 Å². The van der Waals surface area contributed by atoms with Gasteiger partial charge in [0.15, 0.2) is 0 Å². The van der Waals surface area contributed by atoms with Gasteiger partial charge >= 0.3 is 19.5 Å². The number of nitrogen functional groups attached to an aromatic ring is 2. The van der Waals surface area contributed by atoms with Crippen molar-refractivity contribution in [3.63, 3.8) is 0 Å². The van der Waals surface area contributed by atoms with E-state index >= 15 is 0 Å². The molecule has 0 aliphatic rings. The fourth-order valence-corrected chi connectivity index (χ4v) is 1.36. The predicted octanol–water partition coefficient (Wildman–Crippen LogP) is 1.04. The molecule has 0 spiro atoms. The van der Waals surface area contributed by atoms with E-state index in [9.17, 15) is 0 Å². The van der Waals surface area contributed by atoms with Crippen molar-refractivity contribution in [2.24, 2.45) is 0 Å². The molecule has 2 aromatic rings. The summed E-state index contributed by atoms with van der Waals surface area (Å²) in [5, 5.41) is 46.8. The summed E-state index contributed by atoms with van der Waals surface area (Å²) in [7, 11) is 0. The fourth-order valence-electron chi connectivity index (χ4n) is 1.36. The topological polar surface area (TPSA) is 225 Å². The van der Waals surface area contributed by atoms with Gasteiger partial charge in [0.05, 0.1) is 23.4 Å². The summed E-state index contributed by atoms with van der Waals surface area (Å²) < 4.78 is 0. The van der Waals surface area contributed by atoms with E-state index < -0.39 is 10.2 Å². The third-order valence-corrected chi connectivity index (χ3v) is 2.45. The minimum atomic E-state index is -1.75. The molecule has 0 saturated carbocycles. The molecule has 2 aromatic carbocycles. The fraction of sp³-hybridized carbons (Fsp3) is 0.143. The van der Waals surface area contributed by atoms with E-state index in [-0.39, 0.29) is 32.7 Å². The van der Waals surface area contributed by atoms with E-state index in [1.54, 1.807) is 24.3 Å². The summed E-state index contributed by atoms with van der Waals surface area (Å²) in [4.78, 5) is 16.5. The molecule has 13 heteroatoms. The van der Waals surface area contributed by atoms with Gasteiger partial charge in [-0.3, -0.25) is 0 Å². The molecule has 0 aromatic heterocycles. The van der Waals surface area contributed by atoms with Crippen LogP contribution in [-0.2, 0) is 32.7 Å². The van der Waals surface area contributed by atoms with Crippen LogP contribution in [0.2, 0.25) is 0 Å². The summed E-state index contributed by atoms with van der Waals surface area (Å²) in [6.07, 6.45) is 0. The second kappa shape index (κ2) is 17.8. The standard InChI is InChI=1S/2C7H9NO.2NO3.Zn/c2*8-7-4-2-1-3-6(7)5-9;2*2-1(3)4;/h2*1-4,9H,5,8H2;;;/q;;2*-1;+2. The molecule has 0 atom stereocenters. The van der Waals surface area contributed by atoms with Crippen molar-refractivity contribution in [3.8, 4) is 0 Å². The quantitative estimate of drug-likeness (QED) is 0.227. The van der Waals surface area contributed by atoms with Crippen LogP contribution in [0.15, 0.2) is 48.5 Å². The number of hydrogen-bond acceptors (Lipinski definition) is 10. The number of aliphatic hydroxyl groups is 2. The van der Waals surface area contributed by atoms with Gasteiger partial charge < -0.3 is 52.3 Å². The smallest absolute Gasteiger partial charge is 0.398 e. The molecule has 0 heterocycles. The van der Waals surface area contributed by atoms with Gasteiger partial charge in [0.25, 0.3) is 0 Å². The van der Waals surface area contributed by atoms with Crippen LogP contribution in [0, 0.1) is 30.6 Å². The Labute approximate surface area is 166 Å². The molecule has 144 valence electrons. The number of anilines is 2. The van der Waals surface area contributed by atoms with Crippen LogP contribution in [0.4, 0.5) is 11.4 Å².